The van der Waals surface area contributed by atoms with Gasteiger partial charge in [-0.15, -0.1) is 13.2 Å². The van der Waals surface area contributed by atoms with Gasteiger partial charge in [-0.05, 0) is 62.1 Å². The molecular formula is C25H29F3N2O4S. The molecule has 0 radical (unpaired) electrons. The lowest BCUT2D eigenvalue weighted by Crippen LogP contribution is -2.53. The summed E-state index contributed by atoms with van der Waals surface area (Å²) in [5, 5.41) is 10.2. The van der Waals surface area contributed by atoms with Crippen LogP contribution in [-0.4, -0.2) is 51.9 Å². The van der Waals surface area contributed by atoms with E-state index in [4.69, 9.17) is 4.74 Å². The van der Waals surface area contributed by atoms with Crippen molar-refractivity contribution in [2.45, 2.75) is 61.5 Å². The van der Waals surface area contributed by atoms with Gasteiger partial charge in [0.25, 0.3) is 0 Å². The van der Waals surface area contributed by atoms with E-state index in [2.05, 4.69) is 32.6 Å². The maximum absolute atomic E-state index is 12.4. The van der Waals surface area contributed by atoms with Gasteiger partial charge in [0.15, 0.2) is 0 Å². The highest BCUT2D eigenvalue weighted by atomic mass is 32.2. The molecule has 1 heterocycles. The Kier molecular flexibility index (Phi) is 8.35. The van der Waals surface area contributed by atoms with E-state index in [0.717, 1.165) is 55.7 Å². The van der Waals surface area contributed by atoms with E-state index in [1.807, 2.05) is 18.2 Å². The lowest BCUT2D eigenvalue weighted by molar-refractivity contribution is -0.274. The van der Waals surface area contributed by atoms with Crippen molar-refractivity contribution in [2.75, 3.05) is 13.2 Å². The molecule has 0 saturated carbocycles. The summed E-state index contributed by atoms with van der Waals surface area (Å²) >= 11 is 0. The summed E-state index contributed by atoms with van der Waals surface area (Å²) < 4.78 is 62.1. The number of nitrogens with zero attached hydrogens (tertiary/aromatic N) is 1. The molecule has 6 nitrogen and oxygen atoms in total. The average molecular weight is 511 g/mol. The van der Waals surface area contributed by atoms with Gasteiger partial charge in [-0.2, -0.15) is 0 Å². The first-order valence-corrected chi connectivity index (χ1v) is 12.8. The third-order valence-electron chi connectivity index (χ3n) is 6.08. The van der Waals surface area contributed by atoms with Crippen LogP contribution in [0.1, 0.15) is 32.1 Å². The van der Waals surface area contributed by atoms with Crippen molar-refractivity contribution in [3.8, 4) is 5.75 Å². The molecule has 1 aromatic rings. The number of ether oxygens (including phenoxy) is 2. The van der Waals surface area contributed by atoms with Crippen LogP contribution in [0.3, 0.4) is 0 Å². The van der Waals surface area contributed by atoms with Crippen LogP contribution < -0.4 is 9.46 Å². The first-order valence-electron chi connectivity index (χ1n) is 11.7. The van der Waals surface area contributed by atoms with E-state index in [-0.39, 0.29) is 30.5 Å². The Balaban J connectivity index is 1.28. The topological polar surface area (TPSA) is 71.0 Å². The summed E-state index contributed by atoms with van der Waals surface area (Å²) in [6, 6.07) is 4.91. The normalized spacial score (nSPS) is 22.9. The van der Waals surface area contributed by atoms with Gasteiger partial charge in [0.1, 0.15) is 28.6 Å². The number of aliphatic hydroxyl groups is 1. The van der Waals surface area contributed by atoms with Gasteiger partial charge >= 0.3 is 6.36 Å². The fraction of sp³-hybridized carbons (Fsp3) is 0.440. The molecule has 1 saturated heterocycles. The van der Waals surface area contributed by atoms with Crippen molar-refractivity contribution in [2.24, 2.45) is 0 Å². The van der Waals surface area contributed by atoms with Crippen molar-refractivity contribution in [3.63, 3.8) is 0 Å². The highest BCUT2D eigenvalue weighted by Gasteiger charge is 2.39. The van der Waals surface area contributed by atoms with Crippen molar-refractivity contribution < 1.29 is 32.0 Å². The number of benzene rings is 1. The van der Waals surface area contributed by atoms with Gasteiger partial charge < -0.3 is 19.5 Å². The highest BCUT2D eigenvalue weighted by molar-refractivity contribution is 7.83. The van der Waals surface area contributed by atoms with Crippen molar-refractivity contribution in [1.29, 1.82) is 0 Å². The molecule has 4 atom stereocenters. The maximum atomic E-state index is 12.4. The van der Waals surface area contributed by atoms with Gasteiger partial charge in [0, 0.05) is 6.54 Å². The largest absolute Gasteiger partial charge is 0.573 e. The maximum Gasteiger partial charge on any atom is 0.573 e. The van der Waals surface area contributed by atoms with E-state index in [1.165, 1.54) is 12.1 Å². The molecule has 0 aromatic heterocycles. The number of hydrogen-bond donors (Lipinski definition) is 2. The minimum atomic E-state index is -4.76. The number of allylic oxidation sites excluding steroid dienone is 4. The molecule has 1 aliphatic heterocycles. The fourth-order valence-corrected chi connectivity index (χ4v) is 5.38. The number of alkyl halides is 3. The summed E-state index contributed by atoms with van der Waals surface area (Å²) in [4.78, 5) is 2.64. The van der Waals surface area contributed by atoms with Crippen LogP contribution in [0.25, 0.3) is 0 Å². The van der Waals surface area contributed by atoms with E-state index >= 15 is 0 Å². The van der Waals surface area contributed by atoms with Crippen molar-refractivity contribution in [3.05, 3.63) is 72.2 Å². The second kappa shape index (κ2) is 11.5. The number of unbranched alkanes of at least 4 members (excludes halogenated alkanes) is 1. The van der Waals surface area contributed by atoms with Crippen LogP contribution in [0, 0.1) is 0 Å². The molecule has 2 aliphatic carbocycles. The van der Waals surface area contributed by atoms with Crippen LogP contribution in [0.4, 0.5) is 13.2 Å². The Morgan fingerprint density at radius 2 is 1.89 bits per heavy atom. The predicted molar refractivity (Wildman–Crippen MR) is 126 cm³/mol. The molecule has 1 aromatic carbocycles. The smallest absolute Gasteiger partial charge is 0.482 e. The van der Waals surface area contributed by atoms with Crippen molar-refractivity contribution >= 4 is 11.0 Å². The lowest BCUT2D eigenvalue weighted by Gasteiger charge is -2.48. The molecule has 3 unspecified atom stereocenters. The zero-order valence-corrected chi connectivity index (χ0v) is 19.9. The Labute approximate surface area is 205 Å². The van der Waals surface area contributed by atoms with Crippen LogP contribution in [0.2, 0.25) is 0 Å². The predicted octanol–water partition coefficient (Wildman–Crippen LogP) is 4.49. The first-order chi connectivity index (χ1) is 16.9. The van der Waals surface area contributed by atoms with E-state index in [9.17, 15) is 22.5 Å². The van der Waals surface area contributed by atoms with Crippen LogP contribution in [0.15, 0.2) is 77.1 Å². The van der Waals surface area contributed by atoms with Crippen molar-refractivity contribution in [1.82, 2.24) is 9.62 Å². The minimum absolute atomic E-state index is 0.0110. The second-order valence-corrected chi connectivity index (χ2v) is 9.80. The monoisotopic (exact) mass is 510 g/mol. The zero-order valence-electron chi connectivity index (χ0n) is 19.1. The highest BCUT2D eigenvalue weighted by Crippen LogP contribution is 2.37. The average Bonchev–Trinajstić information content (AvgIpc) is 2.84. The van der Waals surface area contributed by atoms with Crippen LogP contribution in [-0.2, 0) is 15.7 Å². The Morgan fingerprint density at radius 1 is 1.14 bits per heavy atom. The number of nitrogens with one attached hydrogen (secondary N) is 1. The number of rotatable bonds is 10. The molecule has 10 heteroatoms. The summed E-state index contributed by atoms with van der Waals surface area (Å²) in [6.45, 7) is 0.480. The quantitative estimate of drug-likeness (QED) is 0.454. The van der Waals surface area contributed by atoms with Gasteiger partial charge in [-0.1, -0.05) is 30.7 Å². The third-order valence-corrected chi connectivity index (χ3v) is 7.25. The number of hydrogen-bond acceptors (Lipinski definition) is 5. The SMILES string of the molecule is O=S(NCCCC[C@H](CO)N1C2=CCCC=C2OC2C=CC=CC21)c1ccc(OC(F)(F)F)cc1. The number of morpholine rings is 1. The lowest BCUT2D eigenvalue weighted by atomic mass is 9.94. The summed E-state index contributed by atoms with van der Waals surface area (Å²) in [7, 11) is -1.54. The minimum Gasteiger partial charge on any atom is -0.482 e. The van der Waals surface area contributed by atoms with Crippen LogP contribution >= 0.6 is 0 Å². The van der Waals surface area contributed by atoms with Gasteiger partial charge in [-0.25, -0.2) is 8.93 Å². The third kappa shape index (κ3) is 6.56. The molecule has 4 rings (SSSR count). The fourth-order valence-electron chi connectivity index (χ4n) is 4.50. The first kappa shape index (κ1) is 25.5. The molecule has 1 fully saturated rings. The Bertz CT molecular complexity index is 1020. The number of halogens is 3. The van der Waals surface area contributed by atoms with E-state index in [1.54, 1.807) is 0 Å². The molecule has 0 spiro atoms. The Morgan fingerprint density at radius 3 is 2.63 bits per heavy atom. The molecule has 2 N–H and O–H groups in total. The second-order valence-electron chi connectivity index (χ2n) is 8.50. The zero-order chi connectivity index (χ0) is 24.8. The molecule has 0 bridgehead atoms. The van der Waals surface area contributed by atoms with Crippen LogP contribution in [0.5, 0.6) is 5.75 Å². The molecule has 35 heavy (non-hydrogen) atoms. The summed E-state index contributed by atoms with van der Waals surface area (Å²) in [5.41, 5.74) is 1.04. The van der Waals surface area contributed by atoms with Gasteiger partial charge in [0.2, 0.25) is 0 Å². The number of aliphatic hydroxyl groups excluding tert-OH is 1. The van der Waals surface area contributed by atoms with E-state index < -0.39 is 17.3 Å². The summed E-state index contributed by atoms with van der Waals surface area (Å²) in [6.07, 6.45) is 11.7. The Hall–Kier alpha value is -2.56. The summed E-state index contributed by atoms with van der Waals surface area (Å²) in [5.74, 6) is 0.521. The standard InChI is InChI=1S/C25H29F3N2O4S/c26-25(27,28)34-19-12-14-20(15-13-19)35(32)29-16-6-5-7-18(17-31)30-21-8-1-3-10-23(21)33-24-11-4-2-9-22(24)30/h1,3,8-15,18,21,23,29,31H,2,4-7,16-17H2/t18-,21?,23?,35?/m1/s1. The van der Waals surface area contributed by atoms with Gasteiger partial charge in [0.05, 0.1) is 29.3 Å². The van der Waals surface area contributed by atoms with E-state index in [0.29, 0.717) is 11.4 Å². The molecular weight excluding hydrogens is 481 g/mol. The molecule has 0 amide bonds. The molecule has 190 valence electrons. The number of fused-ring (bicyclic) bond motifs is 2. The molecule has 3 aliphatic rings. The van der Waals surface area contributed by atoms with Gasteiger partial charge in [-0.3, -0.25) is 0 Å².